The van der Waals surface area contributed by atoms with Crippen LogP contribution in [0.1, 0.15) is 59.3 Å². The fourth-order valence-electron chi connectivity index (χ4n) is 4.31. The van der Waals surface area contributed by atoms with Crippen LogP contribution in [0.25, 0.3) is 0 Å². The maximum atomic E-state index is 5.98. The number of ether oxygens (including phenoxy) is 1. The van der Waals surface area contributed by atoms with Gasteiger partial charge in [-0.15, -0.1) is 0 Å². The van der Waals surface area contributed by atoms with Gasteiger partial charge in [-0.2, -0.15) is 0 Å². The quantitative estimate of drug-likeness (QED) is 0.703. The highest BCUT2D eigenvalue weighted by atomic mass is 16.5. The Kier molecular flexibility index (Phi) is 6.31. The lowest BCUT2D eigenvalue weighted by Crippen LogP contribution is -2.63. The number of nitrogens with zero attached hydrogens (tertiary/aromatic N) is 1. The summed E-state index contributed by atoms with van der Waals surface area (Å²) in [6, 6.07) is 0.710. The molecule has 2 saturated carbocycles. The van der Waals surface area contributed by atoms with Crippen molar-refractivity contribution in [1.29, 1.82) is 0 Å². The van der Waals surface area contributed by atoms with Gasteiger partial charge < -0.3 is 15.0 Å². The minimum absolute atomic E-state index is 0.484. The van der Waals surface area contributed by atoms with Crippen LogP contribution in [0, 0.1) is 5.41 Å². The van der Waals surface area contributed by atoms with Crippen LogP contribution in [0.5, 0.6) is 0 Å². The van der Waals surface area contributed by atoms with E-state index < -0.39 is 0 Å². The molecule has 0 aromatic rings. The highest BCUT2D eigenvalue weighted by Crippen LogP contribution is 2.54. The van der Waals surface area contributed by atoms with Gasteiger partial charge in [0.2, 0.25) is 0 Å². The van der Waals surface area contributed by atoms with Gasteiger partial charge in [0.05, 0.1) is 6.10 Å². The molecule has 0 aromatic carbocycles. The van der Waals surface area contributed by atoms with Crippen LogP contribution < -0.4 is 5.32 Å². The molecule has 0 aliphatic heterocycles. The first kappa shape index (κ1) is 16.3. The smallest absolute Gasteiger partial charge is 0.0661 e. The van der Waals surface area contributed by atoms with E-state index in [1.165, 1.54) is 58.2 Å². The van der Waals surface area contributed by atoms with Gasteiger partial charge in [0.15, 0.2) is 0 Å². The largest absolute Gasteiger partial charge is 0.378 e. The Morgan fingerprint density at radius 3 is 2.50 bits per heavy atom. The Morgan fingerprint density at radius 1 is 1.15 bits per heavy atom. The normalized spacial score (nSPS) is 28.2. The van der Waals surface area contributed by atoms with E-state index in [1.54, 1.807) is 0 Å². The van der Waals surface area contributed by atoms with Crippen LogP contribution in [0.3, 0.4) is 0 Å². The van der Waals surface area contributed by atoms with E-state index >= 15 is 0 Å². The van der Waals surface area contributed by atoms with Gasteiger partial charge in [-0.3, -0.25) is 0 Å². The third-order valence-electron chi connectivity index (χ3n) is 5.49. The van der Waals surface area contributed by atoms with Crippen molar-refractivity contribution < 1.29 is 4.74 Å². The Hall–Kier alpha value is -0.120. The molecule has 1 spiro atoms. The highest BCUT2D eigenvalue weighted by molar-refractivity contribution is 5.09. The van der Waals surface area contributed by atoms with E-state index in [9.17, 15) is 0 Å². The summed E-state index contributed by atoms with van der Waals surface area (Å²) >= 11 is 0. The molecule has 2 atom stereocenters. The molecule has 0 saturated heterocycles. The first-order valence-electron chi connectivity index (χ1n) is 8.84. The first-order chi connectivity index (χ1) is 9.76. The molecule has 2 aliphatic carbocycles. The predicted molar refractivity (Wildman–Crippen MR) is 85.1 cm³/mol. The summed E-state index contributed by atoms with van der Waals surface area (Å²) < 4.78 is 5.98. The molecule has 118 valence electrons. The van der Waals surface area contributed by atoms with Gasteiger partial charge in [-0.05, 0) is 45.7 Å². The molecule has 0 amide bonds. The van der Waals surface area contributed by atoms with Crippen molar-refractivity contribution in [2.45, 2.75) is 71.4 Å². The Balaban J connectivity index is 1.76. The van der Waals surface area contributed by atoms with Crippen LogP contribution in [-0.4, -0.2) is 49.8 Å². The second kappa shape index (κ2) is 7.77. The van der Waals surface area contributed by atoms with Crippen molar-refractivity contribution in [3.63, 3.8) is 0 Å². The summed E-state index contributed by atoms with van der Waals surface area (Å²) in [6.07, 6.45) is 8.58. The summed E-state index contributed by atoms with van der Waals surface area (Å²) in [5, 5.41) is 3.84. The average molecular weight is 282 g/mol. The Labute approximate surface area is 125 Å². The number of rotatable bonds is 9. The third kappa shape index (κ3) is 3.37. The maximum Gasteiger partial charge on any atom is 0.0661 e. The van der Waals surface area contributed by atoms with Gasteiger partial charge in [0.25, 0.3) is 0 Å². The summed E-state index contributed by atoms with van der Waals surface area (Å²) in [5.41, 5.74) is 0.484. The Morgan fingerprint density at radius 2 is 1.90 bits per heavy atom. The van der Waals surface area contributed by atoms with E-state index in [0.717, 1.165) is 13.2 Å². The van der Waals surface area contributed by atoms with Gasteiger partial charge in [-0.1, -0.05) is 26.7 Å². The van der Waals surface area contributed by atoms with Crippen molar-refractivity contribution in [1.82, 2.24) is 10.2 Å². The minimum Gasteiger partial charge on any atom is -0.378 e. The first-order valence-corrected chi connectivity index (χ1v) is 8.84. The molecule has 2 rings (SSSR count). The maximum absolute atomic E-state index is 5.98. The van der Waals surface area contributed by atoms with Crippen molar-refractivity contribution in [3.05, 3.63) is 0 Å². The van der Waals surface area contributed by atoms with Crippen molar-refractivity contribution in [3.8, 4) is 0 Å². The molecule has 3 nitrogen and oxygen atoms in total. The topological polar surface area (TPSA) is 24.5 Å². The lowest BCUT2D eigenvalue weighted by Gasteiger charge is -2.54. The standard InChI is InChI=1S/C17H34N2O/c1-4-12-19(5-2)13-11-18-15-14-16(20-6-3)17(15)9-7-8-10-17/h15-16,18H,4-14H2,1-3H3. The molecular weight excluding hydrogens is 248 g/mol. The van der Waals surface area contributed by atoms with E-state index in [2.05, 4.69) is 31.0 Å². The zero-order valence-corrected chi connectivity index (χ0v) is 13.8. The zero-order chi connectivity index (χ0) is 14.4. The number of likely N-dealkylation sites (N-methyl/N-ethyl adjacent to an activating group) is 1. The van der Waals surface area contributed by atoms with Crippen molar-refractivity contribution in [2.24, 2.45) is 5.41 Å². The molecule has 1 N–H and O–H groups in total. The van der Waals surface area contributed by atoms with Gasteiger partial charge in [-0.25, -0.2) is 0 Å². The molecular formula is C17H34N2O. The van der Waals surface area contributed by atoms with E-state index in [0.29, 0.717) is 17.6 Å². The highest BCUT2D eigenvalue weighted by Gasteiger charge is 2.56. The molecule has 2 aliphatic rings. The zero-order valence-electron chi connectivity index (χ0n) is 13.8. The predicted octanol–water partition coefficient (Wildman–Crippen LogP) is 3.05. The van der Waals surface area contributed by atoms with Crippen LogP contribution in [0.4, 0.5) is 0 Å². The van der Waals surface area contributed by atoms with Crippen LogP contribution in [-0.2, 0) is 4.74 Å². The molecule has 0 bridgehead atoms. The van der Waals surface area contributed by atoms with Gasteiger partial charge in [0, 0.05) is 31.2 Å². The number of hydrogen-bond acceptors (Lipinski definition) is 3. The molecule has 20 heavy (non-hydrogen) atoms. The summed E-state index contributed by atoms with van der Waals surface area (Å²) in [5.74, 6) is 0. The van der Waals surface area contributed by atoms with Crippen LogP contribution in [0.15, 0.2) is 0 Å². The van der Waals surface area contributed by atoms with E-state index in [1.807, 2.05) is 0 Å². The molecule has 0 aromatic heterocycles. The Bertz CT molecular complexity index is 276. The SMILES string of the molecule is CCCN(CC)CCNC1CC(OCC)C12CCCC2. The molecule has 0 radical (unpaired) electrons. The van der Waals surface area contributed by atoms with E-state index in [4.69, 9.17) is 4.74 Å². The van der Waals surface area contributed by atoms with Crippen molar-refractivity contribution >= 4 is 0 Å². The molecule has 0 heterocycles. The monoisotopic (exact) mass is 282 g/mol. The second-order valence-electron chi connectivity index (χ2n) is 6.56. The van der Waals surface area contributed by atoms with Gasteiger partial charge >= 0.3 is 0 Å². The second-order valence-corrected chi connectivity index (χ2v) is 6.56. The van der Waals surface area contributed by atoms with Crippen LogP contribution in [0.2, 0.25) is 0 Å². The number of hydrogen-bond donors (Lipinski definition) is 1. The molecule has 3 heteroatoms. The molecule has 2 unspecified atom stereocenters. The minimum atomic E-state index is 0.484. The number of nitrogens with one attached hydrogen (secondary N) is 1. The summed E-state index contributed by atoms with van der Waals surface area (Å²) in [6.45, 7) is 12.3. The summed E-state index contributed by atoms with van der Waals surface area (Å²) in [4.78, 5) is 2.55. The fourth-order valence-corrected chi connectivity index (χ4v) is 4.31. The molecule has 2 fully saturated rings. The average Bonchev–Trinajstić information content (AvgIpc) is 2.96. The van der Waals surface area contributed by atoms with Crippen LogP contribution >= 0.6 is 0 Å². The van der Waals surface area contributed by atoms with Crippen molar-refractivity contribution in [2.75, 3.05) is 32.8 Å². The lowest BCUT2D eigenvalue weighted by molar-refractivity contribution is -0.130. The van der Waals surface area contributed by atoms with E-state index in [-0.39, 0.29) is 0 Å². The fraction of sp³-hybridized carbons (Fsp3) is 1.00. The summed E-state index contributed by atoms with van der Waals surface area (Å²) in [7, 11) is 0. The third-order valence-corrected chi connectivity index (χ3v) is 5.49. The van der Waals surface area contributed by atoms with Gasteiger partial charge in [0.1, 0.15) is 0 Å². The lowest BCUT2D eigenvalue weighted by atomic mass is 9.60.